The first-order valence-corrected chi connectivity index (χ1v) is 6.54. The molecule has 0 aliphatic carbocycles. The number of nitrogens with two attached hydrogens (primary N) is 1. The van der Waals surface area contributed by atoms with Crippen LogP contribution in [0.2, 0.25) is 0 Å². The molecule has 3 N–H and O–H groups in total. The normalized spacial score (nSPS) is 17.9. The smallest absolute Gasteiger partial charge is 0.323 e. The maximum atomic E-state index is 5.52. The maximum Gasteiger partial charge on any atom is 0.323 e. The molecule has 1 aromatic rings. The highest BCUT2D eigenvalue weighted by Crippen LogP contribution is 2.31. The second-order valence-electron chi connectivity index (χ2n) is 5.89. The van der Waals surface area contributed by atoms with Gasteiger partial charge in [0.1, 0.15) is 0 Å². The predicted molar refractivity (Wildman–Crippen MR) is 74.0 cm³/mol. The Bertz CT molecular complexity index is 448. The molecule has 2 rings (SSSR count). The topological polar surface area (TPSA) is 89.2 Å². The van der Waals surface area contributed by atoms with E-state index in [0.717, 1.165) is 19.5 Å². The van der Waals surface area contributed by atoms with Crippen LogP contribution in [0.1, 0.15) is 34.1 Å². The second-order valence-corrected chi connectivity index (χ2v) is 5.89. The lowest BCUT2D eigenvalue weighted by Gasteiger charge is -2.20. The van der Waals surface area contributed by atoms with Gasteiger partial charge in [-0.25, -0.2) is 5.84 Å². The number of hydrogen-bond acceptors (Lipinski definition) is 7. The molecule has 7 heteroatoms. The number of aromatic nitrogens is 3. The minimum atomic E-state index is 0.0101. The number of rotatable bonds is 4. The number of nitrogens with zero attached hydrogens (tertiary/aromatic N) is 4. The molecular weight excluding hydrogens is 244 g/mol. The van der Waals surface area contributed by atoms with Crippen molar-refractivity contribution < 1.29 is 4.74 Å². The number of hydrazine groups is 1. The number of anilines is 2. The van der Waals surface area contributed by atoms with Crippen molar-refractivity contribution in [1.29, 1.82) is 0 Å². The van der Waals surface area contributed by atoms with E-state index in [9.17, 15) is 0 Å². The first-order chi connectivity index (χ1) is 8.89. The average Bonchev–Trinajstić information content (AvgIpc) is 2.68. The van der Waals surface area contributed by atoms with Gasteiger partial charge in [0.15, 0.2) is 0 Å². The third-order valence-corrected chi connectivity index (χ3v) is 3.03. The van der Waals surface area contributed by atoms with E-state index in [2.05, 4.69) is 39.1 Å². The van der Waals surface area contributed by atoms with Crippen molar-refractivity contribution in [2.45, 2.75) is 40.2 Å². The number of hydrogen-bond donors (Lipinski definition) is 2. The molecule has 0 unspecified atom stereocenters. The molecule has 2 heterocycles. The minimum absolute atomic E-state index is 0.0101. The van der Waals surface area contributed by atoms with E-state index >= 15 is 0 Å². The quantitative estimate of drug-likeness (QED) is 0.624. The monoisotopic (exact) mass is 266 g/mol. The average molecular weight is 266 g/mol. The Balaban J connectivity index is 2.24. The van der Waals surface area contributed by atoms with Crippen molar-refractivity contribution in [3.05, 3.63) is 0 Å². The van der Waals surface area contributed by atoms with Gasteiger partial charge in [0.05, 0.1) is 6.10 Å². The highest BCUT2D eigenvalue weighted by atomic mass is 16.5. The lowest BCUT2D eigenvalue weighted by molar-refractivity contribution is 0.222. The van der Waals surface area contributed by atoms with E-state index in [-0.39, 0.29) is 11.5 Å². The summed E-state index contributed by atoms with van der Waals surface area (Å²) in [5, 5.41) is 0. The molecule has 1 saturated heterocycles. The lowest BCUT2D eigenvalue weighted by atomic mass is 9.93. The molecule has 19 heavy (non-hydrogen) atoms. The summed E-state index contributed by atoms with van der Waals surface area (Å²) in [6.07, 6.45) is 1.13. The molecule has 0 spiro atoms. The van der Waals surface area contributed by atoms with Crippen molar-refractivity contribution >= 4 is 11.9 Å². The zero-order valence-corrected chi connectivity index (χ0v) is 12.0. The van der Waals surface area contributed by atoms with Crippen molar-refractivity contribution in [2.24, 2.45) is 11.3 Å². The van der Waals surface area contributed by atoms with Gasteiger partial charge < -0.3 is 9.64 Å². The van der Waals surface area contributed by atoms with E-state index in [1.807, 2.05) is 13.8 Å². The molecule has 1 aliphatic rings. The van der Waals surface area contributed by atoms with Crippen LogP contribution in [-0.2, 0) is 0 Å². The van der Waals surface area contributed by atoms with Crippen LogP contribution in [-0.4, -0.2) is 34.1 Å². The van der Waals surface area contributed by atoms with E-state index in [0.29, 0.717) is 17.9 Å². The Morgan fingerprint density at radius 3 is 2.58 bits per heavy atom. The first kappa shape index (κ1) is 13.8. The zero-order chi connectivity index (χ0) is 14.0. The first-order valence-electron chi connectivity index (χ1n) is 6.54. The van der Waals surface area contributed by atoms with E-state index < -0.39 is 0 Å². The highest BCUT2D eigenvalue weighted by Gasteiger charge is 2.31. The summed E-state index contributed by atoms with van der Waals surface area (Å²) in [5.41, 5.74) is 2.74. The molecule has 0 saturated carbocycles. The molecule has 106 valence electrons. The molecule has 7 nitrogen and oxygen atoms in total. The van der Waals surface area contributed by atoms with Crippen molar-refractivity contribution in [3.63, 3.8) is 0 Å². The Morgan fingerprint density at radius 2 is 2.05 bits per heavy atom. The van der Waals surface area contributed by atoms with Crippen LogP contribution < -0.4 is 20.9 Å². The third kappa shape index (κ3) is 3.44. The molecule has 1 aliphatic heterocycles. The summed E-state index contributed by atoms with van der Waals surface area (Å²) in [6.45, 7) is 10.2. The van der Waals surface area contributed by atoms with Crippen LogP contribution in [0.4, 0.5) is 11.9 Å². The Labute approximate surface area is 113 Å². The maximum absolute atomic E-state index is 5.52. The van der Waals surface area contributed by atoms with E-state index in [1.54, 1.807) is 0 Å². The van der Waals surface area contributed by atoms with Gasteiger partial charge in [-0.1, -0.05) is 13.8 Å². The van der Waals surface area contributed by atoms with Crippen LogP contribution in [0.5, 0.6) is 6.01 Å². The fraction of sp³-hybridized carbons (Fsp3) is 0.750. The molecule has 0 aromatic carbocycles. The fourth-order valence-electron chi connectivity index (χ4n) is 2.10. The fourth-order valence-corrected chi connectivity index (χ4v) is 2.10. The predicted octanol–water partition coefficient (Wildman–Crippen LogP) is 1.18. The van der Waals surface area contributed by atoms with Gasteiger partial charge in [-0.15, -0.1) is 0 Å². The number of ether oxygens (including phenoxy) is 1. The molecular formula is C12H22N6O. The van der Waals surface area contributed by atoms with Crippen molar-refractivity contribution in [2.75, 3.05) is 23.4 Å². The van der Waals surface area contributed by atoms with Gasteiger partial charge in [0.25, 0.3) is 0 Å². The Morgan fingerprint density at radius 1 is 1.32 bits per heavy atom. The molecule has 0 atom stereocenters. The zero-order valence-electron chi connectivity index (χ0n) is 12.0. The summed E-state index contributed by atoms with van der Waals surface area (Å²) in [6, 6.07) is 0.303. The molecule has 0 radical (unpaired) electrons. The second kappa shape index (κ2) is 5.16. The molecule has 0 amide bonds. The minimum Gasteiger partial charge on any atom is -0.461 e. The van der Waals surface area contributed by atoms with Crippen molar-refractivity contribution in [1.82, 2.24) is 15.0 Å². The largest absolute Gasteiger partial charge is 0.461 e. The van der Waals surface area contributed by atoms with Crippen LogP contribution in [0.3, 0.4) is 0 Å². The molecule has 0 bridgehead atoms. The summed E-state index contributed by atoms with van der Waals surface area (Å²) >= 11 is 0. The van der Waals surface area contributed by atoms with Gasteiger partial charge in [0, 0.05) is 13.1 Å². The molecule has 1 fully saturated rings. The van der Waals surface area contributed by atoms with Crippen LogP contribution in [0, 0.1) is 5.41 Å². The van der Waals surface area contributed by atoms with Gasteiger partial charge in [-0.2, -0.15) is 15.0 Å². The van der Waals surface area contributed by atoms with Gasteiger partial charge >= 0.3 is 6.01 Å². The van der Waals surface area contributed by atoms with Gasteiger partial charge in [-0.05, 0) is 25.7 Å². The van der Waals surface area contributed by atoms with Crippen molar-refractivity contribution in [3.8, 4) is 6.01 Å². The standard InChI is InChI=1S/C12H22N6O/c1-8(2)19-11-15-9(17-13)14-10(16-11)18-6-5-12(3,4)7-18/h8H,5-7,13H2,1-4H3,(H,14,15,16,17). The summed E-state index contributed by atoms with van der Waals surface area (Å²) in [7, 11) is 0. The lowest BCUT2D eigenvalue weighted by Crippen LogP contribution is -2.26. The number of nitrogens with one attached hydrogen (secondary N) is 1. The summed E-state index contributed by atoms with van der Waals surface area (Å²) in [5.74, 6) is 6.33. The summed E-state index contributed by atoms with van der Waals surface area (Å²) in [4.78, 5) is 14.9. The summed E-state index contributed by atoms with van der Waals surface area (Å²) < 4.78 is 5.52. The van der Waals surface area contributed by atoms with E-state index in [1.165, 1.54) is 0 Å². The molecule has 1 aromatic heterocycles. The SMILES string of the molecule is CC(C)Oc1nc(NN)nc(N2CCC(C)(C)C2)n1. The Hall–Kier alpha value is -1.63. The van der Waals surface area contributed by atoms with Gasteiger partial charge in [-0.3, -0.25) is 5.43 Å². The Kier molecular flexibility index (Phi) is 3.75. The third-order valence-electron chi connectivity index (χ3n) is 3.03. The van der Waals surface area contributed by atoms with Crippen LogP contribution in [0.15, 0.2) is 0 Å². The number of nitrogen functional groups attached to an aromatic ring is 1. The highest BCUT2D eigenvalue weighted by molar-refractivity contribution is 5.39. The van der Waals surface area contributed by atoms with Crippen LogP contribution >= 0.6 is 0 Å². The van der Waals surface area contributed by atoms with Gasteiger partial charge in [0.2, 0.25) is 11.9 Å². The van der Waals surface area contributed by atoms with E-state index in [4.69, 9.17) is 10.6 Å². The van der Waals surface area contributed by atoms with Crippen LogP contribution in [0.25, 0.3) is 0 Å².